The SMILES string of the molecule is CCn1cc(Nc2nccc(OC)n2)cn1. The van der Waals surface area contributed by atoms with Gasteiger partial charge in [-0.25, -0.2) is 4.98 Å². The second-order valence-electron chi connectivity index (χ2n) is 3.13. The standard InChI is InChI=1S/C10H13N5O/c1-3-15-7-8(6-12-15)13-10-11-5-4-9(14-10)16-2/h4-7H,3H2,1-2H3,(H,11,13,14). The molecule has 0 radical (unpaired) electrons. The Morgan fingerprint density at radius 3 is 3.06 bits per heavy atom. The third kappa shape index (κ3) is 2.28. The van der Waals surface area contributed by atoms with Crippen molar-refractivity contribution in [2.24, 2.45) is 0 Å². The molecule has 0 atom stereocenters. The summed E-state index contributed by atoms with van der Waals surface area (Å²) in [7, 11) is 1.57. The summed E-state index contributed by atoms with van der Waals surface area (Å²) in [6.07, 6.45) is 5.26. The molecule has 0 bridgehead atoms. The summed E-state index contributed by atoms with van der Waals surface area (Å²) < 4.78 is 6.83. The quantitative estimate of drug-likeness (QED) is 0.843. The van der Waals surface area contributed by atoms with Gasteiger partial charge in [-0.05, 0) is 6.92 Å². The number of rotatable bonds is 4. The predicted octanol–water partition coefficient (Wildman–Crippen LogP) is 1.45. The topological polar surface area (TPSA) is 64.9 Å². The smallest absolute Gasteiger partial charge is 0.230 e. The molecule has 2 heterocycles. The minimum Gasteiger partial charge on any atom is -0.481 e. The van der Waals surface area contributed by atoms with E-state index in [0.717, 1.165) is 12.2 Å². The van der Waals surface area contributed by atoms with Crippen LogP contribution < -0.4 is 10.1 Å². The second-order valence-corrected chi connectivity index (χ2v) is 3.13. The molecule has 2 aromatic heterocycles. The molecule has 0 aromatic carbocycles. The molecule has 0 saturated heterocycles. The van der Waals surface area contributed by atoms with Gasteiger partial charge in [-0.1, -0.05) is 0 Å². The molecule has 0 fully saturated rings. The first-order chi connectivity index (χ1) is 7.81. The molecule has 0 spiro atoms. The van der Waals surface area contributed by atoms with E-state index in [1.165, 1.54) is 0 Å². The molecule has 6 heteroatoms. The van der Waals surface area contributed by atoms with Crippen LogP contribution in [-0.2, 0) is 6.54 Å². The number of hydrogen-bond acceptors (Lipinski definition) is 5. The average molecular weight is 219 g/mol. The molecule has 0 saturated carbocycles. The monoisotopic (exact) mass is 219 g/mol. The number of aryl methyl sites for hydroxylation is 1. The summed E-state index contributed by atoms with van der Waals surface area (Å²) in [6, 6.07) is 1.70. The maximum Gasteiger partial charge on any atom is 0.230 e. The van der Waals surface area contributed by atoms with Crippen LogP contribution in [0.2, 0.25) is 0 Å². The average Bonchev–Trinajstić information content (AvgIpc) is 2.77. The van der Waals surface area contributed by atoms with Gasteiger partial charge in [0.2, 0.25) is 11.8 Å². The fourth-order valence-corrected chi connectivity index (χ4v) is 1.25. The van der Waals surface area contributed by atoms with Crippen LogP contribution in [0.25, 0.3) is 0 Å². The number of methoxy groups -OCH3 is 1. The minimum absolute atomic E-state index is 0.495. The van der Waals surface area contributed by atoms with Crippen LogP contribution in [0.1, 0.15) is 6.92 Å². The Bertz CT molecular complexity index is 468. The Kier molecular flexibility index (Phi) is 3.00. The predicted molar refractivity (Wildman–Crippen MR) is 59.8 cm³/mol. The van der Waals surface area contributed by atoms with Crippen molar-refractivity contribution in [2.75, 3.05) is 12.4 Å². The van der Waals surface area contributed by atoms with Crippen molar-refractivity contribution in [3.8, 4) is 5.88 Å². The van der Waals surface area contributed by atoms with Crippen LogP contribution in [0.15, 0.2) is 24.7 Å². The summed E-state index contributed by atoms with van der Waals surface area (Å²) in [6.45, 7) is 2.86. The molecular weight excluding hydrogens is 206 g/mol. The Labute approximate surface area is 93.3 Å². The second kappa shape index (κ2) is 4.61. The first-order valence-electron chi connectivity index (χ1n) is 4.98. The number of ether oxygens (including phenoxy) is 1. The zero-order valence-corrected chi connectivity index (χ0v) is 9.21. The lowest BCUT2D eigenvalue weighted by atomic mass is 10.5. The van der Waals surface area contributed by atoms with Crippen LogP contribution in [0.3, 0.4) is 0 Å². The van der Waals surface area contributed by atoms with Crippen molar-refractivity contribution in [3.63, 3.8) is 0 Å². The number of nitrogens with one attached hydrogen (secondary N) is 1. The normalized spacial score (nSPS) is 10.1. The van der Waals surface area contributed by atoms with Crippen LogP contribution in [0.5, 0.6) is 5.88 Å². The van der Waals surface area contributed by atoms with Gasteiger partial charge in [-0.15, -0.1) is 0 Å². The van der Waals surface area contributed by atoms with E-state index in [4.69, 9.17) is 4.74 Å². The van der Waals surface area contributed by atoms with Crippen molar-refractivity contribution in [3.05, 3.63) is 24.7 Å². The summed E-state index contributed by atoms with van der Waals surface area (Å²) >= 11 is 0. The van der Waals surface area contributed by atoms with E-state index in [1.807, 2.05) is 17.8 Å². The maximum absolute atomic E-state index is 5.01. The van der Waals surface area contributed by atoms with E-state index in [0.29, 0.717) is 11.8 Å². The van der Waals surface area contributed by atoms with Crippen molar-refractivity contribution < 1.29 is 4.74 Å². The van der Waals surface area contributed by atoms with E-state index >= 15 is 0 Å². The molecule has 2 aromatic rings. The lowest BCUT2D eigenvalue weighted by Gasteiger charge is -2.02. The van der Waals surface area contributed by atoms with Crippen molar-refractivity contribution in [2.45, 2.75) is 13.5 Å². The van der Waals surface area contributed by atoms with Crippen LogP contribution in [0.4, 0.5) is 11.6 Å². The van der Waals surface area contributed by atoms with E-state index in [1.54, 1.807) is 25.6 Å². The van der Waals surface area contributed by atoms with Gasteiger partial charge in [0.05, 0.1) is 19.0 Å². The van der Waals surface area contributed by atoms with Gasteiger partial charge in [0.15, 0.2) is 0 Å². The first-order valence-corrected chi connectivity index (χ1v) is 4.98. The van der Waals surface area contributed by atoms with Gasteiger partial charge in [-0.3, -0.25) is 4.68 Å². The summed E-state index contributed by atoms with van der Waals surface area (Å²) in [4.78, 5) is 8.22. The fourth-order valence-electron chi connectivity index (χ4n) is 1.25. The van der Waals surface area contributed by atoms with Gasteiger partial charge in [-0.2, -0.15) is 10.1 Å². The summed E-state index contributed by atoms with van der Waals surface area (Å²) in [5, 5.41) is 7.19. The molecule has 0 unspecified atom stereocenters. The van der Waals surface area contributed by atoms with Crippen molar-refractivity contribution >= 4 is 11.6 Å². The van der Waals surface area contributed by atoms with Gasteiger partial charge in [0, 0.05) is 25.0 Å². The van der Waals surface area contributed by atoms with Gasteiger partial charge < -0.3 is 10.1 Å². The van der Waals surface area contributed by atoms with E-state index < -0.39 is 0 Å². The van der Waals surface area contributed by atoms with Crippen LogP contribution in [-0.4, -0.2) is 26.9 Å². The third-order valence-corrected chi connectivity index (χ3v) is 2.05. The molecule has 84 valence electrons. The molecule has 1 N–H and O–H groups in total. The van der Waals surface area contributed by atoms with Gasteiger partial charge >= 0.3 is 0 Å². The molecule has 6 nitrogen and oxygen atoms in total. The highest BCUT2D eigenvalue weighted by molar-refractivity contribution is 5.50. The Morgan fingerprint density at radius 1 is 1.50 bits per heavy atom. The highest BCUT2D eigenvalue weighted by atomic mass is 16.5. The Morgan fingerprint density at radius 2 is 2.38 bits per heavy atom. The van der Waals surface area contributed by atoms with Crippen LogP contribution in [0, 0.1) is 0 Å². The zero-order valence-electron chi connectivity index (χ0n) is 9.21. The summed E-state index contributed by atoms with van der Waals surface area (Å²) in [5.41, 5.74) is 0.857. The molecule has 0 aliphatic heterocycles. The largest absolute Gasteiger partial charge is 0.481 e. The van der Waals surface area contributed by atoms with Crippen molar-refractivity contribution in [1.82, 2.24) is 19.7 Å². The number of aromatic nitrogens is 4. The first kappa shape index (κ1) is 10.4. The lowest BCUT2D eigenvalue weighted by Crippen LogP contribution is -1.97. The molecule has 0 aliphatic rings. The third-order valence-electron chi connectivity index (χ3n) is 2.05. The van der Waals surface area contributed by atoms with E-state index in [-0.39, 0.29) is 0 Å². The zero-order chi connectivity index (χ0) is 11.4. The lowest BCUT2D eigenvalue weighted by molar-refractivity contribution is 0.397. The molecule has 16 heavy (non-hydrogen) atoms. The molecule has 0 amide bonds. The molecule has 2 rings (SSSR count). The summed E-state index contributed by atoms with van der Waals surface area (Å²) in [5.74, 6) is 1.02. The molecule has 0 aliphatic carbocycles. The highest BCUT2D eigenvalue weighted by Gasteiger charge is 2.01. The fraction of sp³-hybridized carbons (Fsp3) is 0.300. The van der Waals surface area contributed by atoms with Gasteiger partial charge in [0.1, 0.15) is 0 Å². The number of anilines is 2. The van der Waals surface area contributed by atoms with E-state index in [2.05, 4.69) is 20.4 Å². The number of hydrogen-bond donors (Lipinski definition) is 1. The minimum atomic E-state index is 0.495. The Hall–Kier alpha value is -2.11. The number of nitrogens with zero attached hydrogens (tertiary/aromatic N) is 4. The Balaban J connectivity index is 2.13. The van der Waals surface area contributed by atoms with Gasteiger partial charge in [0.25, 0.3) is 0 Å². The van der Waals surface area contributed by atoms with Crippen LogP contribution >= 0.6 is 0 Å². The molecular formula is C10H13N5O. The van der Waals surface area contributed by atoms with E-state index in [9.17, 15) is 0 Å². The highest BCUT2D eigenvalue weighted by Crippen LogP contribution is 2.13. The van der Waals surface area contributed by atoms with Crippen molar-refractivity contribution in [1.29, 1.82) is 0 Å². The maximum atomic E-state index is 5.01.